The molecular formula is C16H21NO3. The minimum Gasteiger partial charge on any atom is -0.497 e. The third kappa shape index (κ3) is 2.66. The van der Waals surface area contributed by atoms with Gasteiger partial charge in [-0.2, -0.15) is 0 Å². The molecule has 2 fully saturated rings. The molecular weight excluding hydrogens is 254 g/mol. The van der Waals surface area contributed by atoms with Gasteiger partial charge in [-0.25, -0.2) is 0 Å². The van der Waals surface area contributed by atoms with E-state index < -0.39 is 0 Å². The number of amides is 1. The van der Waals surface area contributed by atoms with E-state index in [1.54, 1.807) is 7.11 Å². The molecule has 0 aromatic heterocycles. The van der Waals surface area contributed by atoms with Crippen LogP contribution in [-0.4, -0.2) is 32.3 Å². The van der Waals surface area contributed by atoms with Crippen molar-refractivity contribution in [3.8, 4) is 5.75 Å². The van der Waals surface area contributed by atoms with Crippen LogP contribution in [0.15, 0.2) is 24.3 Å². The molecule has 1 aromatic rings. The van der Waals surface area contributed by atoms with Gasteiger partial charge in [0.2, 0.25) is 0 Å². The molecule has 1 aliphatic carbocycles. The molecule has 1 atom stereocenters. The van der Waals surface area contributed by atoms with Gasteiger partial charge in [0.1, 0.15) is 5.75 Å². The number of ether oxygens (including phenoxy) is 2. The molecule has 1 heterocycles. The molecule has 3 rings (SSSR count). The number of methoxy groups -OCH3 is 1. The van der Waals surface area contributed by atoms with Gasteiger partial charge in [0.15, 0.2) is 6.10 Å². The quantitative estimate of drug-likeness (QED) is 0.836. The summed E-state index contributed by atoms with van der Waals surface area (Å²) in [7, 11) is 1.69. The van der Waals surface area contributed by atoms with E-state index in [9.17, 15) is 4.79 Å². The summed E-state index contributed by atoms with van der Waals surface area (Å²) in [5.74, 6) is 0.907. The highest BCUT2D eigenvalue weighted by molar-refractivity contribution is 5.82. The van der Waals surface area contributed by atoms with Crippen molar-refractivity contribution < 1.29 is 14.3 Å². The van der Waals surface area contributed by atoms with Crippen LogP contribution in [0.1, 0.15) is 31.2 Å². The molecule has 1 saturated heterocycles. The summed E-state index contributed by atoms with van der Waals surface area (Å²) in [5, 5.41) is 3.06. The normalized spacial score (nSPS) is 23.4. The summed E-state index contributed by atoms with van der Waals surface area (Å²) in [6.07, 6.45) is 4.46. The van der Waals surface area contributed by atoms with Gasteiger partial charge in [0.05, 0.1) is 13.7 Å². The lowest BCUT2D eigenvalue weighted by molar-refractivity contribution is -0.122. The Morgan fingerprint density at radius 3 is 2.85 bits per heavy atom. The zero-order chi connectivity index (χ0) is 14.0. The number of nitrogens with one attached hydrogen (secondary N) is 1. The third-order valence-electron chi connectivity index (χ3n) is 4.47. The van der Waals surface area contributed by atoms with Crippen molar-refractivity contribution in [1.29, 1.82) is 0 Å². The molecule has 1 N–H and O–H groups in total. The number of hydrogen-bond acceptors (Lipinski definition) is 3. The number of epoxide rings is 1. The molecule has 1 amide bonds. The second-order valence-electron chi connectivity index (χ2n) is 5.76. The second-order valence-corrected chi connectivity index (χ2v) is 5.76. The van der Waals surface area contributed by atoms with Crippen LogP contribution in [0.5, 0.6) is 5.75 Å². The zero-order valence-corrected chi connectivity index (χ0v) is 11.9. The van der Waals surface area contributed by atoms with Crippen molar-refractivity contribution >= 4 is 5.91 Å². The van der Waals surface area contributed by atoms with E-state index in [4.69, 9.17) is 9.47 Å². The maximum absolute atomic E-state index is 11.8. The van der Waals surface area contributed by atoms with Crippen LogP contribution >= 0.6 is 0 Å². The van der Waals surface area contributed by atoms with E-state index >= 15 is 0 Å². The van der Waals surface area contributed by atoms with Gasteiger partial charge in [0.25, 0.3) is 5.91 Å². The molecule has 0 radical (unpaired) electrons. The van der Waals surface area contributed by atoms with Crippen molar-refractivity contribution in [3.63, 3.8) is 0 Å². The largest absolute Gasteiger partial charge is 0.497 e. The van der Waals surface area contributed by atoms with Gasteiger partial charge in [-0.15, -0.1) is 0 Å². The topological polar surface area (TPSA) is 50.9 Å². The summed E-state index contributed by atoms with van der Waals surface area (Å²) >= 11 is 0. The van der Waals surface area contributed by atoms with Crippen LogP contribution in [0.3, 0.4) is 0 Å². The number of carbonyl (C=O) groups excluding carboxylic acids is 1. The molecule has 0 spiro atoms. The Bertz CT molecular complexity index is 490. The molecule has 20 heavy (non-hydrogen) atoms. The van der Waals surface area contributed by atoms with Crippen molar-refractivity contribution in [2.45, 2.75) is 37.2 Å². The molecule has 4 heteroatoms. The van der Waals surface area contributed by atoms with Gasteiger partial charge in [-0.1, -0.05) is 25.0 Å². The van der Waals surface area contributed by atoms with Gasteiger partial charge in [-0.3, -0.25) is 4.79 Å². The first-order valence-corrected chi connectivity index (χ1v) is 7.27. The predicted octanol–water partition coefficient (Wildman–Crippen LogP) is 2.02. The van der Waals surface area contributed by atoms with Crippen molar-refractivity contribution in [1.82, 2.24) is 5.32 Å². The first-order valence-electron chi connectivity index (χ1n) is 7.27. The molecule has 2 aliphatic rings. The Balaban J connectivity index is 1.77. The Labute approximate surface area is 119 Å². The lowest BCUT2D eigenvalue weighted by Gasteiger charge is -2.30. The standard InChI is InChI=1S/C16H21NO3/c1-19-13-6-4-5-12(9-13)16(7-2-3-8-16)11-17-15(18)14-10-20-14/h4-6,9,14H,2-3,7-8,10-11H2,1H3,(H,17,18). The monoisotopic (exact) mass is 275 g/mol. The fourth-order valence-electron chi connectivity index (χ4n) is 3.14. The molecule has 1 aliphatic heterocycles. The summed E-state index contributed by atoms with van der Waals surface area (Å²) in [4.78, 5) is 11.8. The number of hydrogen-bond donors (Lipinski definition) is 1. The van der Waals surface area contributed by atoms with Crippen LogP contribution < -0.4 is 10.1 Å². The smallest absolute Gasteiger partial charge is 0.251 e. The van der Waals surface area contributed by atoms with E-state index in [1.165, 1.54) is 18.4 Å². The molecule has 0 bridgehead atoms. The summed E-state index contributed by atoms with van der Waals surface area (Å²) in [6, 6.07) is 8.24. The van der Waals surface area contributed by atoms with Crippen molar-refractivity contribution in [2.75, 3.05) is 20.3 Å². The molecule has 1 aromatic carbocycles. The maximum atomic E-state index is 11.8. The Hall–Kier alpha value is -1.55. The van der Waals surface area contributed by atoms with E-state index in [-0.39, 0.29) is 17.4 Å². The number of carbonyl (C=O) groups is 1. The van der Waals surface area contributed by atoms with E-state index in [1.807, 2.05) is 12.1 Å². The molecule has 1 saturated carbocycles. The zero-order valence-electron chi connectivity index (χ0n) is 11.9. The lowest BCUT2D eigenvalue weighted by atomic mass is 9.78. The van der Waals surface area contributed by atoms with Gasteiger partial charge >= 0.3 is 0 Å². The Kier molecular flexibility index (Phi) is 3.66. The van der Waals surface area contributed by atoms with E-state index in [0.717, 1.165) is 18.6 Å². The molecule has 1 unspecified atom stereocenters. The van der Waals surface area contributed by atoms with Crippen LogP contribution in [0.25, 0.3) is 0 Å². The summed E-state index contributed by atoms with van der Waals surface area (Å²) in [5.41, 5.74) is 1.32. The summed E-state index contributed by atoms with van der Waals surface area (Å²) < 4.78 is 10.4. The molecule has 4 nitrogen and oxygen atoms in total. The van der Waals surface area contributed by atoms with Crippen molar-refractivity contribution in [3.05, 3.63) is 29.8 Å². The number of benzene rings is 1. The van der Waals surface area contributed by atoms with Gasteiger partial charge in [-0.05, 0) is 30.5 Å². The van der Waals surface area contributed by atoms with Crippen LogP contribution in [0.4, 0.5) is 0 Å². The maximum Gasteiger partial charge on any atom is 0.251 e. The van der Waals surface area contributed by atoms with E-state index in [2.05, 4.69) is 17.4 Å². The lowest BCUT2D eigenvalue weighted by Crippen LogP contribution is -2.40. The number of rotatable bonds is 5. The van der Waals surface area contributed by atoms with Crippen LogP contribution in [0.2, 0.25) is 0 Å². The predicted molar refractivity (Wildman–Crippen MR) is 75.9 cm³/mol. The highest BCUT2D eigenvalue weighted by atomic mass is 16.6. The fraction of sp³-hybridized carbons (Fsp3) is 0.562. The Morgan fingerprint density at radius 1 is 1.45 bits per heavy atom. The molecule has 108 valence electrons. The SMILES string of the molecule is COc1cccc(C2(CNC(=O)C3CO3)CCCC2)c1. The van der Waals surface area contributed by atoms with Crippen molar-refractivity contribution in [2.24, 2.45) is 0 Å². The third-order valence-corrected chi connectivity index (χ3v) is 4.47. The first-order chi connectivity index (χ1) is 9.73. The average molecular weight is 275 g/mol. The second kappa shape index (κ2) is 5.44. The Morgan fingerprint density at radius 2 is 2.20 bits per heavy atom. The van der Waals surface area contributed by atoms with Gasteiger partial charge < -0.3 is 14.8 Å². The van der Waals surface area contributed by atoms with E-state index in [0.29, 0.717) is 13.2 Å². The van der Waals surface area contributed by atoms with Crippen LogP contribution in [0, 0.1) is 0 Å². The highest BCUT2D eigenvalue weighted by Crippen LogP contribution is 2.41. The van der Waals surface area contributed by atoms with Gasteiger partial charge in [0, 0.05) is 12.0 Å². The first kappa shape index (κ1) is 13.4. The minimum absolute atomic E-state index is 0.0270. The average Bonchev–Trinajstić information content (AvgIpc) is 3.24. The van der Waals surface area contributed by atoms with Crippen LogP contribution in [-0.2, 0) is 14.9 Å². The fourth-order valence-corrected chi connectivity index (χ4v) is 3.14. The summed E-state index contributed by atoms with van der Waals surface area (Å²) in [6.45, 7) is 1.26. The highest BCUT2D eigenvalue weighted by Gasteiger charge is 2.38. The minimum atomic E-state index is -0.209.